The molecule has 0 aliphatic carbocycles. The first-order valence-corrected chi connectivity index (χ1v) is 5.36. The van der Waals surface area contributed by atoms with E-state index < -0.39 is 0 Å². The zero-order valence-corrected chi connectivity index (χ0v) is 8.33. The SMILES string of the molecule is N#CC1CCCN1C(=O)c1cscn1. The summed E-state index contributed by atoms with van der Waals surface area (Å²) in [4.78, 5) is 17.3. The Kier molecular flexibility index (Phi) is 2.46. The van der Waals surface area contributed by atoms with Crippen molar-refractivity contribution in [2.24, 2.45) is 0 Å². The second-order valence-corrected chi connectivity index (χ2v) is 3.88. The molecule has 1 aromatic rings. The third-order valence-corrected chi connectivity index (χ3v) is 2.90. The van der Waals surface area contributed by atoms with Crippen LogP contribution < -0.4 is 0 Å². The molecule has 1 aliphatic heterocycles. The van der Waals surface area contributed by atoms with Crippen LogP contribution >= 0.6 is 11.3 Å². The van der Waals surface area contributed by atoms with E-state index in [4.69, 9.17) is 5.26 Å². The van der Waals surface area contributed by atoms with Crippen LogP contribution in [-0.4, -0.2) is 28.4 Å². The smallest absolute Gasteiger partial charge is 0.274 e. The Bertz CT molecular complexity index is 368. The van der Waals surface area contributed by atoms with Crippen molar-refractivity contribution in [2.45, 2.75) is 18.9 Å². The summed E-state index contributed by atoms with van der Waals surface area (Å²) in [5.41, 5.74) is 2.09. The first-order valence-electron chi connectivity index (χ1n) is 4.41. The van der Waals surface area contributed by atoms with Gasteiger partial charge in [-0.05, 0) is 12.8 Å². The monoisotopic (exact) mass is 207 g/mol. The molecule has 72 valence electrons. The lowest BCUT2D eigenvalue weighted by Gasteiger charge is -2.17. The van der Waals surface area contributed by atoms with Gasteiger partial charge in [-0.2, -0.15) is 5.26 Å². The molecule has 14 heavy (non-hydrogen) atoms. The fraction of sp³-hybridized carbons (Fsp3) is 0.444. The average Bonchev–Trinajstić information content (AvgIpc) is 2.87. The van der Waals surface area contributed by atoms with Crippen molar-refractivity contribution in [1.82, 2.24) is 9.88 Å². The Balaban J connectivity index is 2.16. The van der Waals surface area contributed by atoms with E-state index in [1.54, 1.807) is 15.8 Å². The number of hydrogen-bond donors (Lipinski definition) is 0. The van der Waals surface area contributed by atoms with Crippen LogP contribution in [0.1, 0.15) is 23.3 Å². The number of carbonyl (C=O) groups excluding carboxylic acids is 1. The highest BCUT2D eigenvalue weighted by atomic mass is 32.1. The Morgan fingerprint density at radius 1 is 1.79 bits per heavy atom. The van der Waals surface area contributed by atoms with Crippen LogP contribution in [-0.2, 0) is 0 Å². The lowest BCUT2D eigenvalue weighted by molar-refractivity contribution is 0.0760. The highest BCUT2D eigenvalue weighted by Gasteiger charge is 2.29. The van der Waals surface area contributed by atoms with Crippen molar-refractivity contribution in [3.05, 3.63) is 16.6 Å². The largest absolute Gasteiger partial charge is 0.321 e. The molecule has 5 heteroatoms. The van der Waals surface area contributed by atoms with E-state index >= 15 is 0 Å². The van der Waals surface area contributed by atoms with Gasteiger partial charge in [-0.25, -0.2) is 4.98 Å². The molecule has 1 amide bonds. The van der Waals surface area contributed by atoms with Crippen LogP contribution in [0.5, 0.6) is 0 Å². The summed E-state index contributed by atoms with van der Waals surface area (Å²) < 4.78 is 0. The molecule has 2 rings (SSSR count). The second kappa shape index (κ2) is 3.76. The van der Waals surface area contributed by atoms with E-state index in [1.165, 1.54) is 11.3 Å². The Morgan fingerprint density at radius 2 is 2.64 bits per heavy atom. The Morgan fingerprint density at radius 3 is 3.29 bits per heavy atom. The number of likely N-dealkylation sites (tertiary alicyclic amines) is 1. The minimum Gasteiger partial charge on any atom is -0.321 e. The fourth-order valence-electron chi connectivity index (χ4n) is 1.61. The molecule has 1 fully saturated rings. The summed E-state index contributed by atoms with van der Waals surface area (Å²) in [6.45, 7) is 0.675. The number of carbonyl (C=O) groups is 1. The predicted octanol–water partition coefficient (Wildman–Crippen LogP) is 1.27. The number of hydrogen-bond acceptors (Lipinski definition) is 4. The molecule has 1 atom stereocenters. The molecule has 2 heterocycles. The van der Waals surface area contributed by atoms with E-state index in [-0.39, 0.29) is 11.9 Å². The number of thiazole rings is 1. The molecule has 0 aromatic carbocycles. The molecular formula is C9H9N3OS. The van der Waals surface area contributed by atoms with Gasteiger partial charge in [0.05, 0.1) is 11.6 Å². The van der Waals surface area contributed by atoms with Gasteiger partial charge in [0, 0.05) is 11.9 Å². The number of amides is 1. The third-order valence-electron chi connectivity index (χ3n) is 2.31. The molecule has 0 saturated carbocycles. The number of nitrogens with zero attached hydrogens (tertiary/aromatic N) is 3. The summed E-state index contributed by atoms with van der Waals surface area (Å²) in [6.07, 6.45) is 1.69. The molecule has 0 radical (unpaired) electrons. The standard InChI is InChI=1S/C9H9N3OS/c10-4-7-2-1-3-12(7)9(13)8-5-14-6-11-8/h5-7H,1-3H2. The van der Waals surface area contributed by atoms with Gasteiger partial charge < -0.3 is 4.90 Å². The maximum Gasteiger partial charge on any atom is 0.274 e. The zero-order chi connectivity index (χ0) is 9.97. The van der Waals surface area contributed by atoms with Gasteiger partial charge in [0.2, 0.25) is 0 Å². The van der Waals surface area contributed by atoms with Crippen molar-refractivity contribution in [3.63, 3.8) is 0 Å². The van der Waals surface area contributed by atoms with Gasteiger partial charge in [0.15, 0.2) is 0 Å². The summed E-state index contributed by atoms with van der Waals surface area (Å²) in [5, 5.41) is 10.5. The molecule has 1 aromatic heterocycles. The lowest BCUT2D eigenvalue weighted by Crippen LogP contribution is -2.34. The van der Waals surface area contributed by atoms with Gasteiger partial charge in [-0.15, -0.1) is 11.3 Å². The molecule has 1 aliphatic rings. The van der Waals surface area contributed by atoms with Crippen LogP contribution in [0.3, 0.4) is 0 Å². The Labute approximate surface area is 85.8 Å². The van der Waals surface area contributed by atoms with E-state index in [0.29, 0.717) is 12.2 Å². The molecule has 1 unspecified atom stereocenters. The van der Waals surface area contributed by atoms with Crippen molar-refractivity contribution in [3.8, 4) is 6.07 Å². The number of nitriles is 1. The molecule has 0 spiro atoms. The maximum absolute atomic E-state index is 11.8. The van der Waals surface area contributed by atoms with Crippen LogP contribution in [0.2, 0.25) is 0 Å². The second-order valence-electron chi connectivity index (χ2n) is 3.16. The average molecular weight is 207 g/mol. The van der Waals surface area contributed by atoms with Gasteiger partial charge >= 0.3 is 0 Å². The van der Waals surface area contributed by atoms with E-state index in [1.807, 2.05) is 0 Å². The van der Waals surface area contributed by atoms with Crippen molar-refractivity contribution in [1.29, 1.82) is 5.26 Å². The summed E-state index contributed by atoms with van der Waals surface area (Å²) in [7, 11) is 0. The molecule has 4 nitrogen and oxygen atoms in total. The third kappa shape index (κ3) is 1.49. The first kappa shape index (κ1) is 9.16. The highest BCUT2D eigenvalue weighted by Crippen LogP contribution is 2.19. The molecule has 1 saturated heterocycles. The molecule has 0 N–H and O–H groups in total. The quantitative estimate of drug-likeness (QED) is 0.696. The molecular weight excluding hydrogens is 198 g/mol. The topological polar surface area (TPSA) is 57.0 Å². The summed E-state index contributed by atoms with van der Waals surface area (Å²) >= 11 is 1.39. The summed E-state index contributed by atoms with van der Waals surface area (Å²) in [5.74, 6) is -0.115. The fourth-order valence-corrected chi connectivity index (χ4v) is 2.14. The van der Waals surface area contributed by atoms with E-state index in [2.05, 4.69) is 11.1 Å². The Hall–Kier alpha value is -1.41. The van der Waals surface area contributed by atoms with Crippen molar-refractivity contribution >= 4 is 17.2 Å². The van der Waals surface area contributed by atoms with E-state index in [0.717, 1.165) is 12.8 Å². The van der Waals surface area contributed by atoms with Gasteiger partial charge in [-0.3, -0.25) is 4.79 Å². The van der Waals surface area contributed by atoms with E-state index in [9.17, 15) is 4.79 Å². The molecule has 0 bridgehead atoms. The lowest BCUT2D eigenvalue weighted by atomic mass is 10.2. The maximum atomic E-state index is 11.8. The summed E-state index contributed by atoms with van der Waals surface area (Å²) in [6, 6.07) is 1.88. The van der Waals surface area contributed by atoms with Gasteiger partial charge in [-0.1, -0.05) is 0 Å². The predicted molar refractivity (Wildman–Crippen MR) is 51.8 cm³/mol. The van der Waals surface area contributed by atoms with Crippen LogP contribution in [0.25, 0.3) is 0 Å². The first-order chi connectivity index (χ1) is 6.83. The number of rotatable bonds is 1. The van der Waals surface area contributed by atoms with Gasteiger partial charge in [0.1, 0.15) is 11.7 Å². The minimum atomic E-state index is -0.260. The minimum absolute atomic E-state index is 0.115. The van der Waals surface area contributed by atoms with Crippen molar-refractivity contribution < 1.29 is 4.79 Å². The van der Waals surface area contributed by atoms with Crippen LogP contribution in [0.4, 0.5) is 0 Å². The zero-order valence-electron chi connectivity index (χ0n) is 7.51. The van der Waals surface area contributed by atoms with Crippen LogP contribution in [0, 0.1) is 11.3 Å². The van der Waals surface area contributed by atoms with Crippen molar-refractivity contribution in [2.75, 3.05) is 6.54 Å². The van der Waals surface area contributed by atoms with Crippen LogP contribution in [0.15, 0.2) is 10.9 Å². The normalized spacial score (nSPS) is 20.8. The highest BCUT2D eigenvalue weighted by molar-refractivity contribution is 7.07. The van der Waals surface area contributed by atoms with Gasteiger partial charge in [0.25, 0.3) is 5.91 Å². The number of aromatic nitrogens is 1.